The number of hydrogen-bond acceptors (Lipinski definition) is 2. The van der Waals surface area contributed by atoms with Crippen LogP contribution in [0.5, 0.6) is 0 Å². The summed E-state index contributed by atoms with van der Waals surface area (Å²) in [5.41, 5.74) is 1.28. The Morgan fingerprint density at radius 3 is 2.69 bits per heavy atom. The number of halogens is 1. The van der Waals surface area contributed by atoms with E-state index in [1.807, 2.05) is 13.0 Å². The third kappa shape index (κ3) is 2.08. The van der Waals surface area contributed by atoms with Crippen LogP contribution in [0, 0.1) is 6.92 Å². The SMILES string of the molecule is Cc1cccc([C@H](O)C(=O)O)c1Br. The number of rotatable bonds is 2. The molecule has 0 aliphatic heterocycles. The highest BCUT2D eigenvalue weighted by Crippen LogP contribution is 2.26. The van der Waals surface area contributed by atoms with Gasteiger partial charge in [0, 0.05) is 10.0 Å². The van der Waals surface area contributed by atoms with E-state index in [1.54, 1.807) is 12.1 Å². The number of carboxylic acids is 1. The normalized spacial score (nSPS) is 12.5. The van der Waals surface area contributed by atoms with Gasteiger partial charge in [0.2, 0.25) is 0 Å². The number of benzene rings is 1. The van der Waals surface area contributed by atoms with Crippen molar-refractivity contribution in [3.63, 3.8) is 0 Å². The minimum absolute atomic E-state index is 0.382. The van der Waals surface area contributed by atoms with Gasteiger partial charge >= 0.3 is 5.97 Å². The van der Waals surface area contributed by atoms with E-state index in [9.17, 15) is 9.90 Å². The lowest BCUT2D eigenvalue weighted by molar-refractivity contribution is -0.147. The molecule has 13 heavy (non-hydrogen) atoms. The monoisotopic (exact) mass is 244 g/mol. The van der Waals surface area contributed by atoms with Gasteiger partial charge in [0.1, 0.15) is 0 Å². The molecule has 3 nitrogen and oxygen atoms in total. The van der Waals surface area contributed by atoms with Crippen LogP contribution in [0.15, 0.2) is 22.7 Å². The summed E-state index contributed by atoms with van der Waals surface area (Å²) < 4.78 is 0.643. The fourth-order valence-corrected chi connectivity index (χ4v) is 1.50. The first-order chi connectivity index (χ1) is 6.04. The van der Waals surface area contributed by atoms with E-state index in [1.165, 1.54) is 0 Å². The first-order valence-electron chi connectivity index (χ1n) is 3.70. The average molecular weight is 245 g/mol. The minimum Gasteiger partial charge on any atom is -0.479 e. The lowest BCUT2D eigenvalue weighted by Crippen LogP contribution is -2.11. The lowest BCUT2D eigenvalue weighted by Gasteiger charge is -2.09. The van der Waals surface area contributed by atoms with Crippen molar-refractivity contribution in [2.75, 3.05) is 0 Å². The van der Waals surface area contributed by atoms with Gasteiger partial charge in [-0.05, 0) is 12.5 Å². The van der Waals surface area contributed by atoms with Crippen LogP contribution in [0.3, 0.4) is 0 Å². The maximum Gasteiger partial charge on any atom is 0.337 e. The molecular weight excluding hydrogens is 236 g/mol. The van der Waals surface area contributed by atoms with Crippen molar-refractivity contribution >= 4 is 21.9 Å². The quantitative estimate of drug-likeness (QED) is 0.836. The molecule has 1 atom stereocenters. The van der Waals surface area contributed by atoms with Crippen LogP contribution in [0.4, 0.5) is 0 Å². The van der Waals surface area contributed by atoms with E-state index in [4.69, 9.17) is 5.11 Å². The molecule has 1 aromatic carbocycles. The lowest BCUT2D eigenvalue weighted by atomic mass is 10.1. The second kappa shape index (κ2) is 3.89. The summed E-state index contributed by atoms with van der Waals surface area (Å²) in [4.78, 5) is 10.5. The second-order valence-electron chi connectivity index (χ2n) is 2.72. The first kappa shape index (κ1) is 10.2. The number of aliphatic carboxylic acids is 1. The molecule has 0 heterocycles. The summed E-state index contributed by atoms with van der Waals surface area (Å²) in [7, 11) is 0. The van der Waals surface area contributed by atoms with Crippen molar-refractivity contribution in [1.29, 1.82) is 0 Å². The van der Waals surface area contributed by atoms with Gasteiger partial charge in [-0.15, -0.1) is 0 Å². The molecule has 0 saturated heterocycles. The smallest absolute Gasteiger partial charge is 0.337 e. The summed E-state index contributed by atoms with van der Waals surface area (Å²) in [5, 5.41) is 17.9. The predicted molar refractivity (Wildman–Crippen MR) is 51.5 cm³/mol. The Hall–Kier alpha value is -0.870. The highest BCUT2D eigenvalue weighted by molar-refractivity contribution is 9.10. The molecular formula is C9H9BrO3. The Labute approximate surface area is 84.1 Å². The fourth-order valence-electron chi connectivity index (χ4n) is 1.01. The summed E-state index contributed by atoms with van der Waals surface area (Å²) >= 11 is 3.23. The van der Waals surface area contributed by atoms with Crippen LogP contribution in [0.2, 0.25) is 0 Å². The maximum absolute atomic E-state index is 10.5. The minimum atomic E-state index is -1.46. The number of aryl methyl sites for hydroxylation is 1. The molecule has 2 N–H and O–H groups in total. The van der Waals surface area contributed by atoms with E-state index < -0.39 is 12.1 Å². The molecule has 0 aliphatic rings. The van der Waals surface area contributed by atoms with Crippen molar-refractivity contribution < 1.29 is 15.0 Å². The van der Waals surface area contributed by atoms with E-state index in [0.717, 1.165) is 5.56 Å². The summed E-state index contributed by atoms with van der Waals surface area (Å²) in [6, 6.07) is 5.12. The van der Waals surface area contributed by atoms with Crippen LogP contribution < -0.4 is 0 Å². The number of aliphatic hydroxyl groups excluding tert-OH is 1. The van der Waals surface area contributed by atoms with Gasteiger partial charge in [-0.2, -0.15) is 0 Å². The molecule has 0 aromatic heterocycles. The molecule has 0 saturated carbocycles. The van der Waals surface area contributed by atoms with Crippen molar-refractivity contribution in [2.45, 2.75) is 13.0 Å². The molecule has 0 unspecified atom stereocenters. The van der Waals surface area contributed by atoms with Crippen molar-refractivity contribution in [3.8, 4) is 0 Å². The van der Waals surface area contributed by atoms with Crippen LogP contribution in [0.1, 0.15) is 17.2 Å². The zero-order chi connectivity index (χ0) is 10.0. The van der Waals surface area contributed by atoms with Crippen LogP contribution >= 0.6 is 15.9 Å². The maximum atomic E-state index is 10.5. The Morgan fingerprint density at radius 1 is 1.54 bits per heavy atom. The van der Waals surface area contributed by atoms with Gasteiger partial charge in [0.15, 0.2) is 6.10 Å². The number of carbonyl (C=O) groups is 1. The van der Waals surface area contributed by atoms with Crippen LogP contribution in [-0.4, -0.2) is 16.2 Å². The number of aliphatic hydroxyl groups is 1. The molecule has 70 valence electrons. The molecule has 0 bridgehead atoms. The highest BCUT2D eigenvalue weighted by Gasteiger charge is 2.18. The molecule has 0 fully saturated rings. The van der Waals surface area contributed by atoms with Crippen molar-refractivity contribution in [1.82, 2.24) is 0 Å². The zero-order valence-corrected chi connectivity index (χ0v) is 8.58. The fraction of sp³-hybridized carbons (Fsp3) is 0.222. The summed E-state index contributed by atoms with van der Waals surface area (Å²) in [5.74, 6) is -1.24. The Balaban J connectivity index is 3.15. The van der Waals surface area contributed by atoms with E-state index >= 15 is 0 Å². The Bertz CT molecular complexity index is 336. The Kier molecular flexibility index (Phi) is 3.06. The average Bonchev–Trinajstić information content (AvgIpc) is 2.08. The number of carboxylic acid groups (broad SMARTS) is 1. The Morgan fingerprint density at radius 2 is 2.15 bits per heavy atom. The van der Waals surface area contributed by atoms with Gasteiger partial charge in [-0.1, -0.05) is 34.1 Å². The highest BCUT2D eigenvalue weighted by atomic mass is 79.9. The predicted octanol–water partition coefficient (Wildman–Crippen LogP) is 1.88. The molecule has 4 heteroatoms. The van der Waals surface area contributed by atoms with E-state index in [0.29, 0.717) is 10.0 Å². The topological polar surface area (TPSA) is 57.5 Å². The third-order valence-electron chi connectivity index (χ3n) is 1.75. The second-order valence-corrected chi connectivity index (χ2v) is 3.51. The summed E-state index contributed by atoms with van der Waals surface area (Å²) in [6.07, 6.45) is -1.46. The molecule has 0 spiro atoms. The van der Waals surface area contributed by atoms with Gasteiger partial charge in [0.05, 0.1) is 0 Å². The van der Waals surface area contributed by atoms with Crippen molar-refractivity contribution in [2.24, 2.45) is 0 Å². The van der Waals surface area contributed by atoms with E-state index in [-0.39, 0.29) is 0 Å². The van der Waals surface area contributed by atoms with Crippen molar-refractivity contribution in [3.05, 3.63) is 33.8 Å². The zero-order valence-electron chi connectivity index (χ0n) is 6.99. The molecule has 0 amide bonds. The van der Waals surface area contributed by atoms with E-state index in [2.05, 4.69) is 15.9 Å². The molecule has 1 rings (SSSR count). The summed E-state index contributed by atoms with van der Waals surface area (Å²) in [6.45, 7) is 1.84. The van der Waals surface area contributed by atoms with Gasteiger partial charge < -0.3 is 10.2 Å². The number of hydrogen-bond donors (Lipinski definition) is 2. The largest absolute Gasteiger partial charge is 0.479 e. The third-order valence-corrected chi connectivity index (χ3v) is 2.83. The molecule has 1 aromatic rings. The molecule has 0 aliphatic carbocycles. The first-order valence-corrected chi connectivity index (χ1v) is 4.49. The standard InChI is InChI=1S/C9H9BrO3/c1-5-3-2-4-6(7(5)10)8(11)9(12)13/h2-4,8,11H,1H3,(H,12,13)/t8-/m0/s1. The molecule has 0 radical (unpaired) electrons. The van der Waals surface area contributed by atoms with Gasteiger partial charge in [-0.25, -0.2) is 4.79 Å². The van der Waals surface area contributed by atoms with Gasteiger partial charge in [0.25, 0.3) is 0 Å². The van der Waals surface area contributed by atoms with Gasteiger partial charge in [-0.3, -0.25) is 0 Å². The van der Waals surface area contributed by atoms with Crippen LogP contribution in [0.25, 0.3) is 0 Å². The van der Waals surface area contributed by atoms with Crippen LogP contribution in [-0.2, 0) is 4.79 Å².